The first-order valence-electron chi connectivity index (χ1n) is 4.99. The molecule has 0 bridgehead atoms. The molecule has 108 valence electrons. The molecule has 2 aromatic carbocycles. The van der Waals surface area contributed by atoms with E-state index >= 15 is 0 Å². The molecule has 0 aliphatic rings. The number of phenols is 1. The third-order valence-corrected chi connectivity index (χ3v) is 4.38. The SMILES string of the molecule is Nc1ccc2c(O)cc(S(=O)(=O)[O-])cc2c1S(=O)(=O)[O-]. The van der Waals surface area contributed by atoms with Gasteiger partial charge in [-0.15, -0.1) is 0 Å². The number of aromatic hydroxyl groups is 1. The monoisotopic (exact) mass is 317 g/mol. The van der Waals surface area contributed by atoms with Crippen molar-refractivity contribution in [2.45, 2.75) is 9.79 Å². The Morgan fingerprint density at radius 1 is 0.950 bits per heavy atom. The molecule has 0 aliphatic carbocycles. The quantitative estimate of drug-likeness (QED) is 0.575. The van der Waals surface area contributed by atoms with Gasteiger partial charge in [0.1, 0.15) is 26.0 Å². The summed E-state index contributed by atoms with van der Waals surface area (Å²) in [4.78, 5) is -1.74. The lowest BCUT2D eigenvalue weighted by Crippen LogP contribution is -2.05. The van der Waals surface area contributed by atoms with Crippen LogP contribution in [0.3, 0.4) is 0 Å². The molecule has 0 saturated heterocycles. The molecule has 0 aliphatic heterocycles. The van der Waals surface area contributed by atoms with Gasteiger partial charge in [0, 0.05) is 16.5 Å². The molecule has 2 aromatic rings. The maximum Gasteiger partial charge on any atom is 0.127 e. The zero-order valence-corrected chi connectivity index (χ0v) is 11.2. The van der Waals surface area contributed by atoms with Gasteiger partial charge in [-0.1, -0.05) is 0 Å². The summed E-state index contributed by atoms with van der Waals surface area (Å²) in [5.41, 5.74) is 4.98. The molecule has 0 amide bonds. The maximum absolute atomic E-state index is 11.2. The lowest BCUT2D eigenvalue weighted by molar-refractivity contribution is 0.456. The molecule has 0 radical (unpaired) electrons. The molecule has 0 fully saturated rings. The van der Waals surface area contributed by atoms with Crippen LogP contribution in [0.25, 0.3) is 10.8 Å². The van der Waals surface area contributed by atoms with Gasteiger partial charge in [-0.2, -0.15) is 0 Å². The van der Waals surface area contributed by atoms with Crippen LogP contribution in [0, 0.1) is 0 Å². The van der Waals surface area contributed by atoms with E-state index in [1.165, 1.54) is 6.07 Å². The smallest absolute Gasteiger partial charge is 0.127 e. The summed E-state index contributed by atoms with van der Waals surface area (Å²) in [7, 11) is -9.96. The number of nitrogens with two attached hydrogens (primary N) is 1. The highest BCUT2D eigenvalue weighted by atomic mass is 32.2. The van der Waals surface area contributed by atoms with Crippen LogP contribution in [0.5, 0.6) is 5.75 Å². The highest BCUT2D eigenvalue weighted by molar-refractivity contribution is 7.86. The molecule has 20 heavy (non-hydrogen) atoms. The zero-order valence-electron chi connectivity index (χ0n) is 9.60. The second-order valence-electron chi connectivity index (χ2n) is 3.93. The van der Waals surface area contributed by atoms with Crippen LogP contribution in [0.2, 0.25) is 0 Å². The number of rotatable bonds is 2. The molecule has 8 nitrogen and oxygen atoms in total. The van der Waals surface area contributed by atoms with Crippen LogP contribution in [0.4, 0.5) is 5.69 Å². The average Bonchev–Trinajstić information content (AvgIpc) is 2.24. The van der Waals surface area contributed by atoms with E-state index in [1.807, 2.05) is 0 Å². The Labute approximate surface area is 114 Å². The molecule has 2 rings (SSSR count). The van der Waals surface area contributed by atoms with Crippen molar-refractivity contribution in [3.8, 4) is 5.75 Å². The summed E-state index contributed by atoms with van der Waals surface area (Å²) in [5, 5.41) is 9.12. The van der Waals surface area contributed by atoms with E-state index in [2.05, 4.69) is 0 Å². The number of phenolic OH excluding ortho intramolecular Hbond substituents is 1. The predicted molar refractivity (Wildman–Crippen MR) is 66.0 cm³/mol. The van der Waals surface area contributed by atoms with Crippen molar-refractivity contribution in [3.05, 3.63) is 24.3 Å². The first kappa shape index (κ1) is 14.5. The lowest BCUT2D eigenvalue weighted by atomic mass is 10.1. The van der Waals surface area contributed by atoms with Crippen LogP contribution < -0.4 is 5.73 Å². The van der Waals surface area contributed by atoms with E-state index in [0.717, 1.165) is 6.07 Å². The summed E-state index contributed by atoms with van der Waals surface area (Å²) < 4.78 is 66.4. The fourth-order valence-electron chi connectivity index (χ4n) is 1.80. The summed E-state index contributed by atoms with van der Waals surface area (Å²) >= 11 is 0. The topological polar surface area (TPSA) is 161 Å². The van der Waals surface area contributed by atoms with Crippen LogP contribution in [-0.4, -0.2) is 31.0 Å². The second kappa shape index (κ2) is 4.31. The van der Waals surface area contributed by atoms with Gasteiger partial charge in [0.05, 0.1) is 9.79 Å². The van der Waals surface area contributed by atoms with Gasteiger partial charge < -0.3 is 19.9 Å². The molecule has 10 heteroatoms. The van der Waals surface area contributed by atoms with Gasteiger partial charge >= 0.3 is 0 Å². The summed E-state index contributed by atoms with van der Waals surface area (Å²) in [6, 6.07) is 3.65. The third-order valence-electron chi connectivity index (χ3n) is 2.61. The molecular formula is C10H7NO7S2-2. The fourth-order valence-corrected chi connectivity index (χ4v) is 3.12. The largest absolute Gasteiger partial charge is 0.744 e. The van der Waals surface area contributed by atoms with Crippen molar-refractivity contribution in [2.24, 2.45) is 0 Å². The Morgan fingerprint density at radius 2 is 1.55 bits per heavy atom. The molecule has 0 spiro atoms. The van der Waals surface area contributed by atoms with E-state index < -0.39 is 46.9 Å². The number of hydrogen-bond acceptors (Lipinski definition) is 8. The van der Waals surface area contributed by atoms with Crippen LogP contribution in [0.1, 0.15) is 0 Å². The van der Waals surface area contributed by atoms with Crippen LogP contribution >= 0.6 is 0 Å². The van der Waals surface area contributed by atoms with Crippen molar-refractivity contribution in [2.75, 3.05) is 5.73 Å². The van der Waals surface area contributed by atoms with Gasteiger partial charge in [0.2, 0.25) is 0 Å². The number of hydrogen-bond donors (Lipinski definition) is 2. The van der Waals surface area contributed by atoms with Gasteiger partial charge in [-0.25, -0.2) is 16.8 Å². The van der Waals surface area contributed by atoms with Crippen molar-refractivity contribution in [3.63, 3.8) is 0 Å². The minimum Gasteiger partial charge on any atom is -0.744 e. The lowest BCUT2D eigenvalue weighted by Gasteiger charge is -2.16. The Bertz CT molecular complexity index is 916. The standard InChI is InChI=1S/C10H9NO7S2/c11-8-2-1-6-7(10(8)20(16,17)18)3-5(4-9(6)12)19(13,14)15/h1-4,12H,11H2,(H,13,14,15)(H,16,17,18)/p-2. The van der Waals surface area contributed by atoms with Crippen molar-refractivity contribution in [1.29, 1.82) is 0 Å². The normalized spacial score (nSPS) is 12.7. The maximum atomic E-state index is 11.2. The van der Waals surface area contributed by atoms with E-state index in [0.29, 0.717) is 12.1 Å². The van der Waals surface area contributed by atoms with Gasteiger partial charge in [-0.05, 0) is 24.3 Å². The molecular weight excluding hydrogens is 310 g/mol. The minimum atomic E-state index is -5.02. The molecule has 3 N–H and O–H groups in total. The van der Waals surface area contributed by atoms with Crippen LogP contribution in [-0.2, 0) is 20.2 Å². The van der Waals surface area contributed by atoms with Crippen molar-refractivity contribution in [1.82, 2.24) is 0 Å². The van der Waals surface area contributed by atoms with Gasteiger partial charge in [-0.3, -0.25) is 0 Å². The predicted octanol–water partition coefficient (Wildman–Crippen LogP) is -0.0642. The Hall–Kier alpha value is -1.88. The highest BCUT2D eigenvalue weighted by Gasteiger charge is 2.16. The van der Waals surface area contributed by atoms with E-state index in [1.54, 1.807) is 0 Å². The average molecular weight is 317 g/mol. The zero-order chi connectivity index (χ0) is 15.3. The Kier molecular flexibility index (Phi) is 3.13. The van der Waals surface area contributed by atoms with E-state index in [4.69, 9.17) is 5.73 Å². The Morgan fingerprint density at radius 3 is 2.05 bits per heavy atom. The first-order valence-corrected chi connectivity index (χ1v) is 7.80. The van der Waals surface area contributed by atoms with E-state index in [-0.39, 0.29) is 5.39 Å². The molecule has 0 saturated carbocycles. The third kappa shape index (κ3) is 2.41. The number of nitrogen functional groups attached to an aromatic ring is 1. The number of fused-ring (bicyclic) bond motifs is 1. The number of benzene rings is 2. The van der Waals surface area contributed by atoms with E-state index in [9.17, 15) is 31.0 Å². The van der Waals surface area contributed by atoms with Gasteiger partial charge in [0.25, 0.3) is 0 Å². The number of anilines is 1. The summed E-state index contributed by atoms with van der Waals surface area (Å²) in [6.45, 7) is 0. The molecule has 0 heterocycles. The summed E-state index contributed by atoms with van der Waals surface area (Å²) in [5.74, 6) is -0.651. The second-order valence-corrected chi connectivity index (χ2v) is 6.63. The summed E-state index contributed by atoms with van der Waals surface area (Å²) in [6.07, 6.45) is 0. The highest BCUT2D eigenvalue weighted by Crippen LogP contribution is 2.35. The fraction of sp³-hybridized carbons (Fsp3) is 0. The molecule has 0 atom stereocenters. The Balaban J connectivity index is 3.08. The minimum absolute atomic E-state index is 0.110. The van der Waals surface area contributed by atoms with Gasteiger partial charge in [0.15, 0.2) is 0 Å². The van der Waals surface area contributed by atoms with Crippen molar-refractivity contribution < 1.29 is 31.0 Å². The molecule has 0 aromatic heterocycles. The van der Waals surface area contributed by atoms with Crippen LogP contribution in [0.15, 0.2) is 34.1 Å². The molecule has 0 unspecified atom stereocenters. The van der Waals surface area contributed by atoms with Crippen molar-refractivity contribution >= 4 is 36.7 Å². The first-order chi connectivity index (χ1) is 9.01.